The van der Waals surface area contributed by atoms with Crippen LogP contribution >= 0.6 is 0 Å². The van der Waals surface area contributed by atoms with Crippen LogP contribution in [0.25, 0.3) is 0 Å². The van der Waals surface area contributed by atoms with Crippen LogP contribution < -0.4 is 5.23 Å². The average molecular weight is 82.9 g/mol. The van der Waals surface area contributed by atoms with Gasteiger partial charge >= 0.3 is 0 Å². The lowest BCUT2D eigenvalue weighted by atomic mass is 10.4. The number of hydrogen-bond donors (Lipinski definition) is 1. The van der Waals surface area contributed by atoms with Crippen LogP contribution in [0.4, 0.5) is 0 Å². The van der Waals surface area contributed by atoms with Crippen molar-refractivity contribution < 1.29 is 4.79 Å². The van der Waals surface area contributed by atoms with Crippen molar-refractivity contribution in [1.82, 2.24) is 5.23 Å². The minimum Gasteiger partial charge on any atom is -0.366 e. The van der Waals surface area contributed by atoms with Crippen LogP contribution in [-0.2, 0) is 4.79 Å². The van der Waals surface area contributed by atoms with Crippen molar-refractivity contribution in [2.45, 2.75) is 6.42 Å². The van der Waals surface area contributed by atoms with Gasteiger partial charge in [0, 0.05) is 6.42 Å². The molecule has 0 aromatic heterocycles. The Morgan fingerprint density at radius 3 is 2.67 bits per heavy atom. The summed E-state index contributed by atoms with van der Waals surface area (Å²) in [5.74, 6) is 0. The fraction of sp³-hybridized carbons (Fsp3) is 0.667. The molecule has 6 heavy (non-hydrogen) atoms. The zero-order valence-corrected chi connectivity index (χ0v) is 3.48. The smallest absolute Gasteiger partial charge is 0.177 e. The summed E-state index contributed by atoms with van der Waals surface area (Å²) in [6.07, 6.45) is 1.32. The Labute approximate surface area is 38.4 Å². The molecular weight excluding hydrogens is 76.9 g/mol. The molecule has 1 N–H and O–H groups in total. The quantitative estimate of drug-likeness (QED) is 0.276. The Balaban J connectivity index is 2.49. The van der Waals surface area contributed by atoms with E-state index >= 15 is 0 Å². The lowest BCUT2D eigenvalue weighted by Crippen LogP contribution is -2.09. The fourth-order valence-corrected chi connectivity index (χ4v) is 0.142. The average Bonchev–Trinajstić information content (AvgIpc) is 1.61. The number of hydrogen-bond acceptors (Lipinski definition) is 2. The van der Waals surface area contributed by atoms with Crippen molar-refractivity contribution in [3.63, 3.8) is 0 Å². The number of rotatable bonds is 3. The fourth-order valence-electron chi connectivity index (χ4n) is 0.142. The van der Waals surface area contributed by atoms with E-state index in [0.717, 1.165) is 6.29 Å². The van der Waals surface area contributed by atoms with Crippen LogP contribution in [0.5, 0.6) is 0 Å². The monoisotopic (exact) mass is 83.1 g/mol. The minimum absolute atomic E-state index is 0.497. The van der Waals surface area contributed by atoms with E-state index in [-0.39, 0.29) is 0 Å². The van der Waals surface area contributed by atoms with Gasteiger partial charge in [0.05, 0.1) is 0 Å². The molecule has 0 aliphatic heterocycles. The number of nitrogens with one attached hydrogen (secondary N) is 1. The van der Waals surface area contributed by atoms with E-state index in [1.807, 2.05) is 0 Å². The van der Waals surface area contributed by atoms with Gasteiger partial charge in [-0.05, 0) is 6.54 Å². The first kappa shape index (κ1) is 5.69. The van der Waals surface area contributed by atoms with Crippen molar-refractivity contribution in [1.29, 1.82) is 0 Å². The van der Waals surface area contributed by atoms with Crippen LogP contribution in [0.2, 0.25) is 0 Å². The molecule has 0 aromatic carbocycles. The number of carbonyl (C=O) groups excluding carboxylic acids is 1. The largest absolute Gasteiger partial charge is 0.366 e. The highest BCUT2D eigenvalue weighted by Gasteiger charge is 1.72. The Bertz CT molecular complexity index is 39.8. The highest BCUT2D eigenvalue weighted by atomic mass is 16.1. The van der Waals surface area contributed by atoms with Crippen LogP contribution in [0.1, 0.15) is 6.42 Å². The van der Waals surface area contributed by atoms with Gasteiger partial charge in [-0.2, -0.15) is 0 Å². The lowest BCUT2D eigenvalue weighted by Gasteiger charge is -1.84. The summed E-state index contributed by atoms with van der Waals surface area (Å²) in [6, 6.07) is 0. The first-order chi connectivity index (χ1) is 2.91. The van der Waals surface area contributed by atoms with E-state index in [2.05, 4.69) is 5.23 Å². The standard InChI is InChI=1S/C3H6BNO/c4-5-2-1-3-6/h3,5H,1-2H2. The summed E-state index contributed by atoms with van der Waals surface area (Å²) in [4.78, 5) is 9.47. The second-order valence-corrected chi connectivity index (χ2v) is 0.909. The summed E-state index contributed by atoms with van der Waals surface area (Å²) in [6.45, 7) is 0.573. The van der Waals surface area contributed by atoms with Crippen LogP contribution in [0.15, 0.2) is 0 Å². The molecule has 0 atom stereocenters. The minimum atomic E-state index is 0.497. The molecule has 32 valence electrons. The normalized spacial score (nSPS) is 8.00. The van der Waals surface area contributed by atoms with Crippen molar-refractivity contribution >= 4 is 14.3 Å². The third kappa shape index (κ3) is 3.69. The molecule has 2 nitrogen and oxygen atoms in total. The number of carbonyl (C=O) groups is 1. The SMILES string of the molecule is [B]NCCC=O. The molecule has 0 rings (SSSR count). The Hall–Kier alpha value is -0.305. The Kier molecular flexibility index (Phi) is 4.46. The predicted octanol–water partition coefficient (Wildman–Crippen LogP) is -0.752. The molecular formula is C3H6BNO. The molecule has 3 heteroatoms. The van der Waals surface area contributed by atoms with E-state index < -0.39 is 0 Å². The Morgan fingerprint density at radius 2 is 2.50 bits per heavy atom. The maximum atomic E-state index is 9.47. The third-order valence-electron chi connectivity index (χ3n) is 0.407. The summed E-state index contributed by atoms with van der Waals surface area (Å²) < 4.78 is 0. The van der Waals surface area contributed by atoms with Gasteiger partial charge in [0.15, 0.2) is 7.98 Å². The molecule has 0 saturated heterocycles. The zero-order valence-electron chi connectivity index (χ0n) is 3.48. The molecule has 0 aliphatic rings. The van der Waals surface area contributed by atoms with E-state index in [0.29, 0.717) is 13.0 Å². The number of aldehydes is 1. The van der Waals surface area contributed by atoms with Crippen LogP contribution in [-0.4, -0.2) is 20.8 Å². The van der Waals surface area contributed by atoms with Crippen molar-refractivity contribution in [3.8, 4) is 0 Å². The second-order valence-electron chi connectivity index (χ2n) is 0.909. The molecule has 0 unspecified atom stereocenters. The predicted molar refractivity (Wildman–Crippen MR) is 24.4 cm³/mol. The van der Waals surface area contributed by atoms with E-state index in [4.69, 9.17) is 7.98 Å². The van der Waals surface area contributed by atoms with Crippen molar-refractivity contribution in [2.75, 3.05) is 6.54 Å². The van der Waals surface area contributed by atoms with Gasteiger partial charge in [-0.25, -0.2) is 0 Å². The highest BCUT2D eigenvalue weighted by Crippen LogP contribution is 1.59. The summed E-state index contributed by atoms with van der Waals surface area (Å²) in [7, 11) is 4.81. The molecule has 0 spiro atoms. The molecule has 0 saturated carbocycles. The summed E-state index contributed by atoms with van der Waals surface area (Å²) in [5.41, 5.74) is 0. The molecule has 0 aliphatic carbocycles. The second kappa shape index (κ2) is 4.69. The highest BCUT2D eigenvalue weighted by molar-refractivity contribution is 6.04. The van der Waals surface area contributed by atoms with Gasteiger partial charge in [0.25, 0.3) is 0 Å². The summed E-state index contributed by atoms with van der Waals surface area (Å²) >= 11 is 0. The molecule has 0 fully saturated rings. The van der Waals surface area contributed by atoms with Gasteiger partial charge in [0.1, 0.15) is 6.29 Å². The zero-order chi connectivity index (χ0) is 4.83. The lowest BCUT2D eigenvalue weighted by molar-refractivity contribution is -0.107. The topological polar surface area (TPSA) is 29.1 Å². The maximum absolute atomic E-state index is 9.47. The van der Waals surface area contributed by atoms with Crippen LogP contribution in [0.3, 0.4) is 0 Å². The van der Waals surface area contributed by atoms with Gasteiger partial charge < -0.3 is 10.0 Å². The van der Waals surface area contributed by atoms with E-state index in [1.165, 1.54) is 0 Å². The Morgan fingerprint density at radius 1 is 1.83 bits per heavy atom. The first-order valence-corrected chi connectivity index (χ1v) is 1.79. The van der Waals surface area contributed by atoms with Crippen molar-refractivity contribution in [2.24, 2.45) is 0 Å². The first-order valence-electron chi connectivity index (χ1n) is 1.79. The van der Waals surface area contributed by atoms with E-state index in [9.17, 15) is 4.79 Å². The van der Waals surface area contributed by atoms with Gasteiger partial charge in [-0.15, -0.1) is 0 Å². The molecule has 2 radical (unpaired) electrons. The van der Waals surface area contributed by atoms with Gasteiger partial charge in [-0.1, -0.05) is 0 Å². The van der Waals surface area contributed by atoms with Gasteiger partial charge in [0.2, 0.25) is 0 Å². The molecule has 0 bridgehead atoms. The van der Waals surface area contributed by atoms with Crippen LogP contribution in [0, 0.1) is 0 Å². The van der Waals surface area contributed by atoms with Gasteiger partial charge in [-0.3, -0.25) is 0 Å². The summed E-state index contributed by atoms with van der Waals surface area (Å²) in [5, 5.41) is 2.34. The molecule has 0 aromatic rings. The molecule has 0 heterocycles. The maximum Gasteiger partial charge on any atom is 0.177 e. The molecule has 0 amide bonds. The van der Waals surface area contributed by atoms with E-state index in [1.54, 1.807) is 0 Å². The van der Waals surface area contributed by atoms with Crippen molar-refractivity contribution in [3.05, 3.63) is 0 Å². The third-order valence-corrected chi connectivity index (χ3v) is 0.407.